The molecule has 2 aliphatic rings. The van der Waals surface area contributed by atoms with Crippen LogP contribution in [0, 0.1) is 0 Å². The van der Waals surface area contributed by atoms with E-state index >= 15 is 0 Å². The van der Waals surface area contributed by atoms with Gasteiger partial charge in [0.05, 0.1) is 31.7 Å². The Balaban J connectivity index is 1.75. The van der Waals surface area contributed by atoms with Gasteiger partial charge in [0.15, 0.2) is 11.5 Å². The second-order valence-corrected chi connectivity index (χ2v) is 6.32. The SMILES string of the molecule is OC[C@H]1O[C@@H](c2cnc3c(N4CCOCC4)nc(Cl)nn23)[C@H](O)[C@@H]1O. The van der Waals surface area contributed by atoms with Crippen molar-refractivity contribution >= 4 is 23.1 Å². The van der Waals surface area contributed by atoms with Gasteiger partial charge in [0, 0.05) is 13.1 Å². The number of morpholine rings is 1. The van der Waals surface area contributed by atoms with Crippen molar-refractivity contribution in [2.45, 2.75) is 24.4 Å². The van der Waals surface area contributed by atoms with Crippen molar-refractivity contribution in [3.05, 3.63) is 17.2 Å². The summed E-state index contributed by atoms with van der Waals surface area (Å²) in [6, 6.07) is 0. The van der Waals surface area contributed by atoms with Crippen molar-refractivity contribution in [2.75, 3.05) is 37.8 Å². The summed E-state index contributed by atoms with van der Waals surface area (Å²) in [5, 5.41) is 33.7. The number of imidazole rings is 1. The van der Waals surface area contributed by atoms with Crippen LogP contribution in [0.15, 0.2) is 6.20 Å². The number of aliphatic hydroxyl groups excluding tert-OH is 3. The summed E-state index contributed by atoms with van der Waals surface area (Å²) in [5.41, 5.74) is 0.898. The Labute approximate surface area is 147 Å². The molecule has 4 atom stereocenters. The van der Waals surface area contributed by atoms with E-state index in [1.165, 1.54) is 10.7 Å². The van der Waals surface area contributed by atoms with E-state index in [2.05, 4.69) is 15.1 Å². The Morgan fingerprint density at radius 1 is 1.24 bits per heavy atom. The zero-order chi connectivity index (χ0) is 17.6. The summed E-state index contributed by atoms with van der Waals surface area (Å²) in [6.07, 6.45) is -2.66. The van der Waals surface area contributed by atoms with Gasteiger partial charge in [-0.05, 0) is 11.6 Å². The summed E-state index contributed by atoms with van der Waals surface area (Å²) < 4.78 is 12.4. The Morgan fingerprint density at radius 3 is 2.68 bits per heavy atom. The number of fused-ring (bicyclic) bond motifs is 1. The summed E-state index contributed by atoms with van der Waals surface area (Å²) in [6.45, 7) is 2.06. The van der Waals surface area contributed by atoms with Crippen molar-refractivity contribution in [2.24, 2.45) is 0 Å². The molecule has 2 saturated heterocycles. The van der Waals surface area contributed by atoms with Gasteiger partial charge in [-0.15, -0.1) is 5.10 Å². The van der Waals surface area contributed by atoms with Crippen molar-refractivity contribution in [1.82, 2.24) is 19.6 Å². The van der Waals surface area contributed by atoms with E-state index in [9.17, 15) is 15.3 Å². The highest BCUT2D eigenvalue weighted by Crippen LogP contribution is 2.34. The topological polar surface area (TPSA) is 125 Å². The lowest BCUT2D eigenvalue weighted by Gasteiger charge is -2.27. The van der Waals surface area contributed by atoms with Crippen LogP contribution in [0.5, 0.6) is 0 Å². The van der Waals surface area contributed by atoms with Crippen LogP contribution in [-0.2, 0) is 9.47 Å². The molecule has 0 aliphatic carbocycles. The maximum Gasteiger partial charge on any atom is 0.243 e. The molecule has 4 heterocycles. The Morgan fingerprint density at radius 2 is 2.00 bits per heavy atom. The molecule has 0 aromatic carbocycles. The van der Waals surface area contributed by atoms with Gasteiger partial charge >= 0.3 is 0 Å². The van der Waals surface area contributed by atoms with Crippen molar-refractivity contribution in [3.63, 3.8) is 0 Å². The van der Waals surface area contributed by atoms with E-state index in [0.717, 1.165) is 0 Å². The molecule has 2 aliphatic heterocycles. The van der Waals surface area contributed by atoms with Gasteiger partial charge in [0.25, 0.3) is 0 Å². The molecule has 25 heavy (non-hydrogen) atoms. The Bertz CT molecular complexity index is 767. The lowest BCUT2D eigenvalue weighted by Crippen LogP contribution is -2.37. The largest absolute Gasteiger partial charge is 0.394 e. The Hall–Kier alpha value is -1.56. The smallest absolute Gasteiger partial charge is 0.243 e. The zero-order valence-corrected chi connectivity index (χ0v) is 14.0. The van der Waals surface area contributed by atoms with Gasteiger partial charge < -0.3 is 29.7 Å². The Kier molecular flexibility index (Phi) is 4.48. The molecular weight excluding hydrogens is 354 g/mol. The molecule has 10 nitrogen and oxygen atoms in total. The molecule has 11 heteroatoms. The maximum atomic E-state index is 10.2. The highest BCUT2D eigenvalue weighted by Gasteiger charge is 2.44. The number of nitrogens with zero attached hydrogens (tertiary/aromatic N) is 5. The van der Waals surface area contributed by atoms with E-state index in [1.54, 1.807) is 0 Å². The van der Waals surface area contributed by atoms with Crippen LogP contribution in [0.2, 0.25) is 5.28 Å². The van der Waals surface area contributed by atoms with E-state index in [1.807, 2.05) is 4.90 Å². The molecule has 0 bridgehead atoms. The van der Waals surface area contributed by atoms with Crippen LogP contribution < -0.4 is 4.90 Å². The van der Waals surface area contributed by atoms with Crippen molar-refractivity contribution < 1.29 is 24.8 Å². The van der Waals surface area contributed by atoms with Crippen LogP contribution in [0.25, 0.3) is 5.65 Å². The van der Waals surface area contributed by atoms with E-state index < -0.39 is 31.0 Å². The van der Waals surface area contributed by atoms with Gasteiger partial charge in [-0.1, -0.05) is 0 Å². The number of hydrogen-bond acceptors (Lipinski definition) is 9. The first kappa shape index (κ1) is 16.9. The molecule has 2 fully saturated rings. The highest BCUT2D eigenvalue weighted by molar-refractivity contribution is 6.28. The number of halogens is 1. The number of hydrogen-bond donors (Lipinski definition) is 3. The lowest BCUT2D eigenvalue weighted by atomic mass is 10.1. The number of ether oxygens (including phenoxy) is 2. The normalized spacial score (nSPS) is 30.3. The summed E-state index contributed by atoms with van der Waals surface area (Å²) in [5.74, 6) is 0.571. The average molecular weight is 372 g/mol. The third-order valence-corrected chi connectivity index (χ3v) is 4.65. The van der Waals surface area contributed by atoms with Gasteiger partial charge in [0.2, 0.25) is 5.28 Å². The molecule has 0 spiro atoms. The van der Waals surface area contributed by atoms with Gasteiger partial charge in [0.1, 0.15) is 24.4 Å². The minimum Gasteiger partial charge on any atom is -0.394 e. The van der Waals surface area contributed by atoms with E-state index in [4.69, 9.17) is 21.1 Å². The predicted molar refractivity (Wildman–Crippen MR) is 85.5 cm³/mol. The highest BCUT2D eigenvalue weighted by atomic mass is 35.5. The van der Waals surface area contributed by atoms with Crippen LogP contribution >= 0.6 is 11.6 Å². The molecule has 136 valence electrons. The first-order valence-corrected chi connectivity index (χ1v) is 8.34. The molecule has 0 saturated carbocycles. The fraction of sp³-hybridized carbons (Fsp3) is 0.643. The summed E-state index contributed by atoms with van der Waals surface area (Å²) in [4.78, 5) is 10.6. The molecule has 0 amide bonds. The van der Waals surface area contributed by atoms with Crippen molar-refractivity contribution in [1.29, 1.82) is 0 Å². The molecular formula is C14H18ClN5O5. The number of aliphatic hydroxyl groups is 3. The zero-order valence-electron chi connectivity index (χ0n) is 13.2. The van der Waals surface area contributed by atoms with Gasteiger partial charge in [-0.3, -0.25) is 0 Å². The minimum absolute atomic E-state index is 0.0278. The first-order valence-electron chi connectivity index (χ1n) is 7.96. The van der Waals surface area contributed by atoms with Crippen LogP contribution in [-0.4, -0.2) is 86.1 Å². The van der Waals surface area contributed by atoms with Crippen LogP contribution in [0.3, 0.4) is 0 Å². The molecule has 0 unspecified atom stereocenters. The molecule has 2 aromatic heterocycles. The number of rotatable bonds is 3. The second-order valence-electron chi connectivity index (χ2n) is 5.98. The third-order valence-electron chi connectivity index (χ3n) is 4.49. The summed E-state index contributed by atoms with van der Waals surface area (Å²) in [7, 11) is 0. The number of aromatic nitrogens is 4. The monoisotopic (exact) mass is 371 g/mol. The quantitative estimate of drug-likeness (QED) is 0.607. The standard InChI is InChI=1S/C14H18ClN5O5/c15-14-17-13(19-1-3-24-4-2-19)12-16-5-7(20(12)18-14)11-10(23)9(22)8(6-21)25-11/h5,8-11,21-23H,1-4,6H2/t8-,9-,10-,11+/m1/s1. The molecule has 2 aromatic rings. The third kappa shape index (κ3) is 2.84. The lowest BCUT2D eigenvalue weighted by molar-refractivity contribution is -0.0244. The summed E-state index contributed by atoms with van der Waals surface area (Å²) >= 11 is 6.08. The fourth-order valence-corrected chi connectivity index (χ4v) is 3.34. The minimum atomic E-state index is -1.21. The van der Waals surface area contributed by atoms with E-state index in [-0.39, 0.29) is 5.28 Å². The fourth-order valence-electron chi connectivity index (χ4n) is 3.18. The van der Waals surface area contributed by atoms with Crippen molar-refractivity contribution in [3.8, 4) is 0 Å². The second kappa shape index (κ2) is 6.63. The predicted octanol–water partition coefficient (Wildman–Crippen LogP) is -1.23. The first-order chi connectivity index (χ1) is 12.1. The maximum absolute atomic E-state index is 10.2. The van der Waals surface area contributed by atoms with Crippen LogP contribution in [0.4, 0.5) is 5.82 Å². The molecule has 0 radical (unpaired) electrons. The molecule has 3 N–H and O–H groups in total. The van der Waals surface area contributed by atoms with Gasteiger partial charge in [-0.25, -0.2) is 9.50 Å². The van der Waals surface area contributed by atoms with E-state index in [0.29, 0.717) is 43.5 Å². The average Bonchev–Trinajstić information content (AvgIpc) is 3.16. The van der Waals surface area contributed by atoms with Crippen LogP contribution in [0.1, 0.15) is 11.8 Å². The van der Waals surface area contributed by atoms with Gasteiger partial charge in [-0.2, -0.15) is 4.98 Å². The molecule has 4 rings (SSSR count). The number of anilines is 1.